The van der Waals surface area contributed by atoms with Crippen LogP contribution in [0.3, 0.4) is 0 Å². The van der Waals surface area contributed by atoms with Crippen molar-refractivity contribution in [3.05, 3.63) is 35.9 Å². The van der Waals surface area contributed by atoms with Gasteiger partial charge in [-0.2, -0.15) is 0 Å². The monoisotopic (exact) mass is 511 g/mol. The molecule has 2 heterocycles. The number of piperazine rings is 1. The number of hydrogen-bond acceptors (Lipinski definition) is 5. The second-order valence-electron chi connectivity index (χ2n) is 11.7. The highest BCUT2D eigenvalue weighted by Gasteiger charge is 2.29. The Morgan fingerprint density at radius 2 is 1.59 bits per heavy atom. The van der Waals surface area contributed by atoms with E-state index in [1.807, 2.05) is 20.8 Å². The fourth-order valence-electron chi connectivity index (χ4n) is 5.45. The molecule has 2 saturated heterocycles. The zero-order chi connectivity index (χ0) is 26.4. The first-order valence-electron chi connectivity index (χ1n) is 14.1. The number of nitrogens with zero attached hydrogens (tertiary/aromatic N) is 3. The molecule has 4 rings (SSSR count). The third kappa shape index (κ3) is 7.73. The van der Waals surface area contributed by atoms with Gasteiger partial charge in [0, 0.05) is 45.2 Å². The lowest BCUT2D eigenvalue weighted by atomic mass is 9.85. The van der Waals surface area contributed by atoms with Crippen LogP contribution in [0.4, 0.5) is 4.79 Å². The van der Waals surface area contributed by atoms with Crippen molar-refractivity contribution < 1.29 is 19.1 Å². The molecule has 0 radical (unpaired) electrons. The number of hydrogen-bond donors (Lipinski definition) is 0. The Morgan fingerprint density at radius 1 is 0.919 bits per heavy atom. The van der Waals surface area contributed by atoms with E-state index in [1.165, 1.54) is 11.1 Å². The van der Waals surface area contributed by atoms with Gasteiger partial charge in [-0.15, -0.1) is 0 Å². The molecule has 0 aromatic heterocycles. The SMILES string of the molecule is CCN1CCN(C(=O)C2CC=C(c3ccc(OCC4CCN(C(=O)OC(C)(C)C)CC4)cc3)CC2)CC1. The average Bonchev–Trinajstić information content (AvgIpc) is 2.91. The maximum atomic E-state index is 13.0. The smallest absolute Gasteiger partial charge is 0.410 e. The zero-order valence-electron chi connectivity index (χ0n) is 23.2. The Balaban J connectivity index is 1.19. The summed E-state index contributed by atoms with van der Waals surface area (Å²) in [7, 11) is 0. The lowest BCUT2D eigenvalue weighted by molar-refractivity contribution is -0.137. The molecule has 0 saturated carbocycles. The number of carbonyl (C=O) groups is 2. The molecule has 204 valence electrons. The number of carbonyl (C=O) groups excluding carboxylic acids is 2. The van der Waals surface area contributed by atoms with Crippen molar-refractivity contribution in [3.63, 3.8) is 0 Å². The largest absolute Gasteiger partial charge is 0.493 e. The van der Waals surface area contributed by atoms with E-state index >= 15 is 0 Å². The predicted octanol–water partition coefficient (Wildman–Crippen LogP) is 5.06. The molecule has 2 aliphatic heterocycles. The van der Waals surface area contributed by atoms with Crippen LogP contribution in [0.2, 0.25) is 0 Å². The maximum Gasteiger partial charge on any atom is 0.410 e. The fraction of sp³-hybridized carbons (Fsp3) is 0.667. The van der Waals surface area contributed by atoms with Crippen LogP contribution in [-0.4, -0.2) is 84.7 Å². The van der Waals surface area contributed by atoms with Gasteiger partial charge >= 0.3 is 6.09 Å². The van der Waals surface area contributed by atoms with Gasteiger partial charge in [0.1, 0.15) is 11.4 Å². The Bertz CT molecular complexity index is 937. The van der Waals surface area contributed by atoms with Crippen LogP contribution in [0.1, 0.15) is 65.4 Å². The third-order valence-electron chi connectivity index (χ3n) is 7.87. The molecule has 7 heteroatoms. The topological polar surface area (TPSA) is 62.3 Å². The number of likely N-dealkylation sites (N-methyl/N-ethyl adjacent to an activating group) is 1. The first-order chi connectivity index (χ1) is 17.7. The van der Waals surface area contributed by atoms with Crippen LogP contribution in [0.5, 0.6) is 5.75 Å². The van der Waals surface area contributed by atoms with Crippen molar-refractivity contribution >= 4 is 17.6 Å². The molecule has 2 amide bonds. The minimum absolute atomic E-state index is 0.126. The van der Waals surface area contributed by atoms with Crippen molar-refractivity contribution in [2.24, 2.45) is 11.8 Å². The summed E-state index contributed by atoms with van der Waals surface area (Å²) in [6.45, 7) is 14.8. The Kier molecular flexibility index (Phi) is 9.17. The summed E-state index contributed by atoms with van der Waals surface area (Å²) in [6, 6.07) is 8.38. The van der Waals surface area contributed by atoms with E-state index in [-0.39, 0.29) is 12.0 Å². The first-order valence-corrected chi connectivity index (χ1v) is 14.1. The molecule has 0 bridgehead atoms. The fourth-order valence-corrected chi connectivity index (χ4v) is 5.45. The molecule has 2 fully saturated rings. The molecule has 37 heavy (non-hydrogen) atoms. The molecule has 1 unspecified atom stereocenters. The van der Waals surface area contributed by atoms with Crippen LogP contribution < -0.4 is 4.74 Å². The molecule has 1 aromatic carbocycles. The summed E-state index contributed by atoms with van der Waals surface area (Å²) in [5.74, 6) is 1.79. The van der Waals surface area contributed by atoms with Gasteiger partial charge < -0.3 is 24.2 Å². The minimum Gasteiger partial charge on any atom is -0.493 e. The van der Waals surface area contributed by atoms with Gasteiger partial charge in [0.15, 0.2) is 0 Å². The standard InChI is InChI=1S/C30H45N3O4/c1-5-31-18-20-32(21-19-31)28(34)26-8-6-24(7-9-26)25-10-12-27(13-11-25)36-22-23-14-16-33(17-15-23)29(35)37-30(2,3)4/h6,10-13,23,26H,5,7-9,14-22H2,1-4H3. The Hall–Kier alpha value is -2.54. The minimum atomic E-state index is -0.458. The molecule has 0 spiro atoms. The summed E-state index contributed by atoms with van der Waals surface area (Å²) in [6.07, 6.45) is 6.62. The van der Waals surface area contributed by atoms with E-state index in [0.29, 0.717) is 31.5 Å². The lowest BCUT2D eigenvalue weighted by Gasteiger charge is -2.36. The Morgan fingerprint density at radius 3 is 2.16 bits per heavy atom. The summed E-state index contributed by atoms with van der Waals surface area (Å²) in [5.41, 5.74) is 2.10. The van der Waals surface area contributed by atoms with E-state index in [2.05, 4.69) is 47.1 Å². The number of rotatable bonds is 6. The highest BCUT2D eigenvalue weighted by Crippen LogP contribution is 2.32. The van der Waals surface area contributed by atoms with Gasteiger partial charge in [-0.05, 0) is 88.6 Å². The van der Waals surface area contributed by atoms with E-state index in [9.17, 15) is 9.59 Å². The number of likely N-dealkylation sites (tertiary alicyclic amines) is 1. The lowest BCUT2D eigenvalue weighted by Crippen LogP contribution is -2.50. The molecule has 1 aromatic rings. The van der Waals surface area contributed by atoms with Crippen molar-refractivity contribution in [1.29, 1.82) is 0 Å². The second kappa shape index (κ2) is 12.3. The van der Waals surface area contributed by atoms with E-state index in [1.54, 1.807) is 4.90 Å². The van der Waals surface area contributed by atoms with Gasteiger partial charge in [-0.25, -0.2) is 4.79 Å². The van der Waals surface area contributed by atoms with Crippen LogP contribution in [0.25, 0.3) is 5.57 Å². The summed E-state index contributed by atoms with van der Waals surface area (Å²) >= 11 is 0. The maximum absolute atomic E-state index is 13.0. The predicted molar refractivity (Wildman–Crippen MR) is 146 cm³/mol. The van der Waals surface area contributed by atoms with Crippen LogP contribution >= 0.6 is 0 Å². The molecule has 7 nitrogen and oxygen atoms in total. The molecule has 1 aliphatic carbocycles. The number of ether oxygens (including phenoxy) is 2. The average molecular weight is 512 g/mol. The molecule has 0 N–H and O–H groups in total. The highest BCUT2D eigenvalue weighted by molar-refractivity contribution is 5.81. The van der Waals surface area contributed by atoms with E-state index in [4.69, 9.17) is 9.47 Å². The van der Waals surface area contributed by atoms with Gasteiger partial charge in [0.05, 0.1) is 6.61 Å². The van der Waals surface area contributed by atoms with Crippen LogP contribution in [-0.2, 0) is 9.53 Å². The number of benzene rings is 1. The molecular formula is C30H45N3O4. The van der Waals surface area contributed by atoms with E-state index in [0.717, 1.165) is 70.6 Å². The molecule has 3 aliphatic rings. The summed E-state index contributed by atoms with van der Waals surface area (Å²) in [4.78, 5) is 31.5. The number of piperidine rings is 1. The normalized spacial score (nSPS) is 21.9. The van der Waals surface area contributed by atoms with Crippen LogP contribution in [0, 0.1) is 11.8 Å². The highest BCUT2D eigenvalue weighted by atomic mass is 16.6. The number of amides is 2. The number of allylic oxidation sites excluding steroid dienone is 2. The molecular weight excluding hydrogens is 466 g/mol. The van der Waals surface area contributed by atoms with Crippen molar-refractivity contribution in [2.45, 2.75) is 65.4 Å². The Labute approximate surface area is 222 Å². The third-order valence-corrected chi connectivity index (χ3v) is 7.87. The van der Waals surface area contributed by atoms with Gasteiger partial charge in [0.2, 0.25) is 5.91 Å². The zero-order valence-corrected chi connectivity index (χ0v) is 23.2. The van der Waals surface area contributed by atoms with Crippen molar-refractivity contribution in [2.75, 3.05) is 52.4 Å². The van der Waals surface area contributed by atoms with Gasteiger partial charge in [-0.1, -0.05) is 25.1 Å². The second-order valence-corrected chi connectivity index (χ2v) is 11.7. The molecule has 1 atom stereocenters. The van der Waals surface area contributed by atoms with Gasteiger partial charge in [0.25, 0.3) is 0 Å². The van der Waals surface area contributed by atoms with Crippen molar-refractivity contribution in [1.82, 2.24) is 14.7 Å². The van der Waals surface area contributed by atoms with Crippen LogP contribution in [0.15, 0.2) is 30.3 Å². The van der Waals surface area contributed by atoms with E-state index < -0.39 is 5.60 Å². The summed E-state index contributed by atoms with van der Waals surface area (Å²) in [5, 5.41) is 0. The summed E-state index contributed by atoms with van der Waals surface area (Å²) < 4.78 is 11.6. The quantitative estimate of drug-likeness (QED) is 0.534. The first kappa shape index (κ1) is 27.5. The van der Waals surface area contributed by atoms with Gasteiger partial charge in [-0.3, -0.25) is 4.79 Å². The van der Waals surface area contributed by atoms with Crippen molar-refractivity contribution in [3.8, 4) is 5.75 Å².